The summed E-state index contributed by atoms with van der Waals surface area (Å²) >= 11 is 0. The Kier molecular flexibility index (Phi) is 2.98. The number of nitrogens with one attached hydrogen (secondary N) is 1. The molecule has 2 heterocycles. The van der Waals surface area contributed by atoms with Crippen LogP contribution in [0.1, 0.15) is 11.5 Å². The minimum atomic E-state index is 0.471. The summed E-state index contributed by atoms with van der Waals surface area (Å²) in [6.45, 7) is 0.633. The minimum absolute atomic E-state index is 0.471. The number of nitriles is 1. The number of hydrogen-bond acceptors (Lipinski definition) is 4. The number of nitrogens with zero attached hydrogens (tertiary/aromatic N) is 4. The van der Waals surface area contributed by atoms with Crippen LogP contribution in [0.25, 0.3) is 5.52 Å². The zero-order chi connectivity index (χ0) is 12.4. The zero-order valence-corrected chi connectivity index (χ0v) is 10.2. The molecule has 0 amide bonds. The number of pyridine rings is 1. The van der Waals surface area contributed by atoms with E-state index in [1.807, 2.05) is 48.6 Å². The highest BCUT2D eigenvalue weighted by Gasteiger charge is 2.13. The van der Waals surface area contributed by atoms with Gasteiger partial charge in [-0.3, -0.25) is 4.40 Å². The van der Waals surface area contributed by atoms with Crippen molar-refractivity contribution in [2.45, 2.75) is 6.54 Å². The fourth-order valence-corrected chi connectivity index (χ4v) is 1.90. The molecule has 5 heteroatoms. The van der Waals surface area contributed by atoms with E-state index in [9.17, 15) is 0 Å². The van der Waals surface area contributed by atoms with Gasteiger partial charge in [0.2, 0.25) is 0 Å². The molecular formula is C12H15N5. The standard InChI is InChI=1S/C12H15N5/c1-14-8-11-15-9(7-13)10-5-4-6-12(16(2)3)17(10)11/h4-6,14H,8H2,1-3H3. The molecule has 0 aliphatic rings. The number of aromatic nitrogens is 2. The van der Waals surface area contributed by atoms with Crippen molar-refractivity contribution in [2.24, 2.45) is 0 Å². The summed E-state index contributed by atoms with van der Waals surface area (Å²) in [5.41, 5.74) is 1.32. The van der Waals surface area contributed by atoms with Gasteiger partial charge in [-0.2, -0.15) is 5.26 Å². The van der Waals surface area contributed by atoms with Crippen LogP contribution >= 0.6 is 0 Å². The first-order valence-electron chi connectivity index (χ1n) is 5.41. The summed E-state index contributed by atoms with van der Waals surface area (Å²) in [7, 11) is 5.82. The van der Waals surface area contributed by atoms with Crippen molar-refractivity contribution in [1.82, 2.24) is 14.7 Å². The van der Waals surface area contributed by atoms with Crippen LogP contribution < -0.4 is 10.2 Å². The van der Waals surface area contributed by atoms with E-state index in [1.165, 1.54) is 0 Å². The van der Waals surface area contributed by atoms with Crippen molar-refractivity contribution in [3.8, 4) is 6.07 Å². The number of hydrogen-bond donors (Lipinski definition) is 1. The second-order valence-electron chi connectivity index (χ2n) is 4.02. The summed E-state index contributed by atoms with van der Waals surface area (Å²) in [5, 5.41) is 12.2. The minimum Gasteiger partial charge on any atom is -0.364 e. The van der Waals surface area contributed by atoms with Crippen molar-refractivity contribution in [3.63, 3.8) is 0 Å². The highest BCUT2D eigenvalue weighted by atomic mass is 15.2. The maximum atomic E-state index is 9.09. The summed E-state index contributed by atoms with van der Waals surface area (Å²) in [6, 6.07) is 8.00. The van der Waals surface area contributed by atoms with Gasteiger partial charge in [0.15, 0.2) is 5.69 Å². The van der Waals surface area contributed by atoms with E-state index in [1.54, 1.807) is 0 Å². The molecule has 2 rings (SSSR count). The first-order chi connectivity index (χ1) is 8.19. The molecular weight excluding hydrogens is 214 g/mol. The van der Waals surface area contributed by atoms with Crippen LogP contribution in [-0.4, -0.2) is 30.5 Å². The van der Waals surface area contributed by atoms with E-state index in [0.29, 0.717) is 12.2 Å². The van der Waals surface area contributed by atoms with Crippen molar-refractivity contribution >= 4 is 11.3 Å². The average Bonchev–Trinajstić information content (AvgIpc) is 2.68. The summed E-state index contributed by atoms with van der Waals surface area (Å²) < 4.78 is 2.01. The second kappa shape index (κ2) is 4.44. The highest BCUT2D eigenvalue weighted by Crippen LogP contribution is 2.20. The van der Waals surface area contributed by atoms with E-state index in [4.69, 9.17) is 5.26 Å². The molecule has 0 spiro atoms. The number of fused-ring (bicyclic) bond motifs is 1. The molecule has 17 heavy (non-hydrogen) atoms. The maximum absolute atomic E-state index is 9.09. The molecule has 2 aromatic rings. The van der Waals surface area contributed by atoms with E-state index < -0.39 is 0 Å². The predicted molar refractivity (Wildman–Crippen MR) is 67.0 cm³/mol. The normalized spacial score (nSPS) is 10.5. The van der Waals surface area contributed by atoms with Crippen molar-refractivity contribution < 1.29 is 0 Å². The third kappa shape index (κ3) is 1.83. The van der Waals surface area contributed by atoms with Gasteiger partial charge >= 0.3 is 0 Å². The Hall–Kier alpha value is -2.06. The number of rotatable bonds is 3. The average molecular weight is 229 g/mol. The molecule has 0 saturated heterocycles. The second-order valence-corrected chi connectivity index (χ2v) is 4.02. The van der Waals surface area contributed by atoms with E-state index in [2.05, 4.69) is 16.4 Å². The van der Waals surface area contributed by atoms with E-state index >= 15 is 0 Å². The summed E-state index contributed by atoms with van der Waals surface area (Å²) in [4.78, 5) is 6.36. The Labute approximate surface area is 100 Å². The van der Waals surface area contributed by atoms with Gasteiger partial charge in [0.05, 0.1) is 12.1 Å². The summed E-state index contributed by atoms with van der Waals surface area (Å²) in [5.74, 6) is 1.87. The van der Waals surface area contributed by atoms with Gasteiger partial charge in [-0.25, -0.2) is 4.98 Å². The molecule has 2 aromatic heterocycles. The van der Waals surface area contributed by atoms with Crippen LogP contribution in [0.3, 0.4) is 0 Å². The fraction of sp³-hybridized carbons (Fsp3) is 0.333. The first-order valence-corrected chi connectivity index (χ1v) is 5.41. The largest absolute Gasteiger partial charge is 0.364 e. The SMILES string of the molecule is CNCc1nc(C#N)c2cccc(N(C)C)n12. The molecule has 0 aromatic carbocycles. The third-order valence-electron chi connectivity index (χ3n) is 2.61. The fourth-order valence-electron chi connectivity index (χ4n) is 1.90. The van der Waals surface area contributed by atoms with Gasteiger partial charge in [-0.15, -0.1) is 0 Å². The smallest absolute Gasteiger partial charge is 0.166 e. The van der Waals surface area contributed by atoms with Crippen molar-refractivity contribution in [3.05, 3.63) is 29.7 Å². The lowest BCUT2D eigenvalue weighted by molar-refractivity contribution is 0.752. The Morgan fingerprint density at radius 1 is 1.47 bits per heavy atom. The Balaban J connectivity index is 2.77. The molecule has 0 radical (unpaired) electrons. The Morgan fingerprint density at radius 3 is 2.82 bits per heavy atom. The quantitative estimate of drug-likeness (QED) is 0.852. The topological polar surface area (TPSA) is 56.4 Å². The van der Waals surface area contributed by atoms with Crippen LogP contribution in [0.15, 0.2) is 18.2 Å². The van der Waals surface area contributed by atoms with Gasteiger partial charge in [0.25, 0.3) is 0 Å². The van der Waals surface area contributed by atoms with Crippen LogP contribution in [-0.2, 0) is 6.54 Å². The molecule has 0 fully saturated rings. The van der Waals surface area contributed by atoms with Crippen LogP contribution in [0.5, 0.6) is 0 Å². The van der Waals surface area contributed by atoms with Gasteiger partial charge in [0, 0.05) is 14.1 Å². The maximum Gasteiger partial charge on any atom is 0.166 e. The molecule has 0 unspecified atom stereocenters. The lowest BCUT2D eigenvalue weighted by Crippen LogP contribution is -2.16. The molecule has 0 aliphatic carbocycles. The van der Waals surface area contributed by atoms with Crippen molar-refractivity contribution in [2.75, 3.05) is 26.0 Å². The molecule has 0 saturated carbocycles. The van der Waals surface area contributed by atoms with Crippen LogP contribution in [0, 0.1) is 11.3 Å². The molecule has 88 valence electrons. The Bertz CT molecular complexity index is 576. The molecule has 0 bridgehead atoms. The van der Waals surface area contributed by atoms with Gasteiger partial charge in [0.1, 0.15) is 17.7 Å². The van der Waals surface area contributed by atoms with E-state index in [0.717, 1.165) is 17.2 Å². The third-order valence-corrected chi connectivity index (χ3v) is 2.61. The lowest BCUT2D eigenvalue weighted by atomic mass is 10.3. The van der Waals surface area contributed by atoms with Gasteiger partial charge in [-0.05, 0) is 19.2 Å². The first kappa shape index (κ1) is 11.4. The van der Waals surface area contributed by atoms with Crippen LogP contribution in [0.2, 0.25) is 0 Å². The predicted octanol–water partition coefficient (Wildman–Crippen LogP) is 0.991. The monoisotopic (exact) mass is 229 g/mol. The number of anilines is 1. The number of imidazole rings is 1. The van der Waals surface area contributed by atoms with Crippen LogP contribution in [0.4, 0.5) is 5.82 Å². The molecule has 1 N–H and O–H groups in total. The van der Waals surface area contributed by atoms with Crippen molar-refractivity contribution in [1.29, 1.82) is 5.26 Å². The Morgan fingerprint density at radius 2 is 2.24 bits per heavy atom. The molecule has 5 nitrogen and oxygen atoms in total. The zero-order valence-electron chi connectivity index (χ0n) is 10.2. The summed E-state index contributed by atoms with van der Waals surface area (Å²) in [6.07, 6.45) is 0. The van der Waals surface area contributed by atoms with Gasteiger partial charge < -0.3 is 10.2 Å². The highest BCUT2D eigenvalue weighted by molar-refractivity contribution is 5.63. The van der Waals surface area contributed by atoms with Gasteiger partial charge in [-0.1, -0.05) is 6.07 Å². The lowest BCUT2D eigenvalue weighted by Gasteiger charge is -2.16. The van der Waals surface area contributed by atoms with E-state index in [-0.39, 0.29) is 0 Å². The molecule has 0 aliphatic heterocycles. The molecule has 0 atom stereocenters.